The van der Waals surface area contributed by atoms with E-state index in [1.807, 2.05) is 53.2 Å². The molecular formula is C36H44N6O7S. The summed E-state index contributed by atoms with van der Waals surface area (Å²) in [6, 6.07) is 6.95. The number of nitrogens with zero attached hydrogens (tertiary/aromatic N) is 4. The number of carbonyl (C=O) groups is 4. The average Bonchev–Trinajstić information content (AvgIpc) is 3.52. The van der Waals surface area contributed by atoms with Gasteiger partial charge in [-0.15, -0.1) is 0 Å². The Morgan fingerprint density at radius 3 is 2.46 bits per heavy atom. The van der Waals surface area contributed by atoms with Crippen LogP contribution in [0.1, 0.15) is 71.8 Å². The lowest BCUT2D eigenvalue weighted by Crippen LogP contribution is -2.56. The van der Waals surface area contributed by atoms with Gasteiger partial charge in [-0.05, 0) is 82.2 Å². The van der Waals surface area contributed by atoms with E-state index in [2.05, 4.69) is 10.6 Å². The summed E-state index contributed by atoms with van der Waals surface area (Å²) in [5.41, 5.74) is 0.766. The number of carboxylic acids is 1. The van der Waals surface area contributed by atoms with E-state index in [0.717, 1.165) is 30.4 Å². The Hall–Kier alpha value is -4.72. The number of benzene rings is 1. The molecule has 4 heterocycles. The average molecular weight is 705 g/mol. The second-order valence-corrected chi connectivity index (χ2v) is 15.0. The van der Waals surface area contributed by atoms with Gasteiger partial charge in [0.05, 0.1) is 13.2 Å². The topological polar surface area (TPSA) is 165 Å². The van der Waals surface area contributed by atoms with Gasteiger partial charge < -0.3 is 30.1 Å². The first-order valence-electron chi connectivity index (χ1n) is 17.0. The van der Waals surface area contributed by atoms with Crippen LogP contribution in [-0.2, 0) is 19.1 Å². The molecule has 3 amide bonds. The number of nitrogens with one attached hydrogen (secondary N) is 2. The fourth-order valence-electron chi connectivity index (χ4n) is 6.72. The van der Waals surface area contributed by atoms with Gasteiger partial charge in [0, 0.05) is 35.4 Å². The molecule has 0 unspecified atom stereocenters. The van der Waals surface area contributed by atoms with Crippen LogP contribution in [0.25, 0.3) is 22.5 Å². The van der Waals surface area contributed by atoms with Crippen LogP contribution >= 0.6 is 11.3 Å². The van der Waals surface area contributed by atoms with Gasteiger partial charge in [0.25, 0.3) is 0 Å². The van der Waals surface area contributed by atoms with Gasteiger partial charge in [-0.1, -0.05) is 25.0 Å². The Morgan fingerprint density at radius 2 is 1.80 bits per heavy atom. The summed E-state index contributed by atoms with van der Waals surface area (Å²) in [7, 11) is 1.60. The van der Waals surface area contributed by atoms with E-state index in [4.69, 9.17) is 19.7 Å². The van der Waals surface area contributed by atoms with Crippen LogP contribution in [0.2, 0.25) is 0 Å². The molecule has 0 spiro atoms. The number of ether oxygens (including phenoxy) is 2. The number of carbonyl (C=O) groups excluding carboxylic acids is 3. The summed E-state index contributed by atoms with van der Waals surface area (Å²) in [6.45, 7) is 5.31. The molecule has 14 heteroatoms. The molecule has 3 aliphatic rings. The number of carboxylic acid groups (broad SMARTS) is 1. The monoisotopic (exact) mass is 704 g/mol. The molecule has 0 radical (unpaired) electrons. The number of methoxy groups -OCH3 is 1. The van der Waals surface area contributed by atoms with Crippen LogP contribution in [0.5, 0.6) is 5.75 Å². The highest BCUT2D eigenvalue weighted by atomic mass is 32.1. The zero-order chi connectivity index (χ0) is 35.6. The zero-order valence-corrected chi connectivity index (χ0v) is 29.6. The quantitative estimate of drug-likeness (QED) is 0.293. The number of thiophene rings is 1. The lowest BCUT2D eigenvalue weighted by Gasteiger charge is -2.30. The van der Waals surface area contributed by atoms with Crippen molar-refractivity contribution in [2.45, 2.75) is 95.0 Å². The summed E-state index contributed by atoms with van der Waals surface area (Å²) in [4.78, 5) is 57.0. The van der Waals surface area contributed by atoms with Crippen molar-refractivity contribution in [3.63, 3.8) is 0 Å². The summed E-state index contributed by atoms with van der Waals surface area (Å²) in [5.74, 6) is -1.76. The van der Waals surface area contributed by atoms with Gasteiger partial charge in [0.2, 0.25) is 11.8 Å². The highest BCUT2D eigenvalue weighted by Gasteiger charge is 2.61. The first kappa shape index (κ1) is 35.1. The summed E-state index contributed by atoms with van der Waals surface area (Å²) in [6.07, 6.45) is 6.94. The van der Waals surface area contributed by atoms with Gasteiger partial charge in [0.15, 0.2) is 0 Å². The molecular weight excluding hydrogens is 660 g/mol. The number of aromatic nitrogens is 3. The Bertz CT molecular complexity index is 1750. The standard InChI is InChI=1S/C36H44N6O7S/c1-35(2,3)49-34(47)37-27-11-9-7-5-6-8-10-24-19-36(24,33(45)46)38-31(43)28-18-25(20-41(28)32(27)44)42-39-29(22-12-14-26(48-4)15-13-22)30(40-42)23-16-17-50-21-23/h8,10,12-17,21,24-25,27-28H,5-7,9,11,18-20H2,1-4H3,(H,37,47)(H,38,43)(H,45,46)/b10-8-/t24-,25+,27-,28+,36+/m1/s1. The highest BCUT2D eigenvalue weighted by Crippen LogP contribution is 2.46. The van der Waals surface area contributed by atoms with Crippen molar-refractivity contribution in [3.05, 3.63) is 53.2 Å². The van der Waals surface area contributed by atoms with Crippen molar-refractivity contribution in [3.8, 4) is 28.3 Å². The second-order valence-electron chi connectivity index (χ2n) is 14.2. The van der Waals surface area contributed by atoms with Gasteiger partial charge in [-0.2, -0.15) is 26.3 Å². The fourth-order valence-corrected chi connectivity index (χ4v) is 7.36. The Kier molecular flexibility index (Phi) is 10.0. The maximum absolute atomic E-state index is 14.4. The molecule has 1 saturated heterocycles. The van der Waals surface area contributed by atoms with E-state index in [9.17, 15) is 24.3 Å². The SMILES string of the molecule is COc1ccc(-c2nn([C@H]3C[C@H]4C(=O)N[C@@]5(C(=O)O)C[C@H]5/C=C\CCCCC[C@@H](NC(=O)OC(C)(C)C)C(=O)N4C3)nc2-c2ccsc2)cc1. The van der Waals surface area contributed by atoms with Gasteiger partial charge >= 0.3 is 12.1 Å². The maximum atomic E-state index is 14.4. The number of amides is 3. The zero-order valence-electron chi connectivity index (χ0n) is 28.8. The molecule has 3 N–H and O–H groups in total. The number of allylic oxidation sites excluding steroid dienone is 1. The van der Waals surface area contributed by atoms with Crippen LogP contribution < -0.4 is 15.4 Å². The van der Waals surface area contributed by atoms with E-state index >= 15 is 0 Å². The molecule has 2 fully saturated rings. The van der Waals surface area contributed by atoms with Crippen molar-refractivity contribution in [1.29, 1.82) is 0 Å². The first-order valence-corrected chi connectivity index (χ1v) is 18.0. The van der Waals surface area contributed by atoms with Crippen molar-refractivity contribution in [1.82, 2.24) is 30.5 Å². The molecule has 1 saturated carbocycles. The third kappa shape index (κ3) is 7.54. The van der Waals surface area contributed by atoms with Gasteiger partial charge in [-0.3, -0.25) is 9.59 Å². The molecule has 5 atom stereocenters. The lowest BCUT2D eigenvalue weighted by molar-refractivity contribution is -0.145. The number of hydrogen-bond acceptors (Lipinski definition) is 9. The summed E-state index contributed by atoms with van der Waals surface area (Å²) >= 11 is 1.53. The fraction of sp³-hybridized carbons (Fsp3) is 0.500. The van der Waals surface area contributed by atoms with Crippen molar-refractivity contribution in [2.24, 2.45) is 5.92 Å². The highest BCUT2D eigenvalue weighted by molar-refractivity contribution is 7.08. The minimum absolute atomic E-state index is 0.0760. The van der Waals surface area contributed by atoms with Crippen LogP contribution in [0.15, 0.2) is 53.2 Å². The molecule has 2 aliphatic heterocycles. The third-order valence-corrected chi connectivity index (χ3v) is 10.1. The summed E-state index contributed by atoms with van der Waals surface area (Å²) in [5, 5.41) is 29.5. The predicted octanol–water partition coefficient (Wildman–Crippen LogP) is 5.20. The first-order chi connectivity index (χ1) is 23.9. The lowest BCUT2D eigenvalue weighted by atomic mass is 10.0. The molecule has 1 aliphatic carbocycles. The van der Waals surface area contributed by atoms with E-state index in [1.165, 1.54) is 16.2 Å². The second kappa shape index (κ2) is 14.3. The molecule has 13 nitrogen and oxygen atoms in total. The number of hydrogen-bond donors (Lipinski definition) is 3. The Morgan fingerprint density at radius 1 is 1.06 bits per heavy atom. The van der Waals surface area contributed by atoms with E-state index in [0.29, 0.717) is 30.0 Å². The molecule has 3 aromatic rings. The predicted molar refractivity (Wildman–Crippen MR) is 186 cm³/mol. The van der Waals surface area contributed by atoms with Crippen LogP contribution in [-0.4, -0.2) is 85.8 Å². The number of rotatable bonds is 6. The molecule has 0 bridgehead atoms. The maximum Gasteiger partial charge on any atom is 0.408 e. The smallest absolute Gasteiger partial charge is 0.408 e. The van der Waals surface area contributed by atoms with Crippen LogP contribution in [0, 0.1) is 5.92 Å². The molecule has 266 valence electrons. The van der Waals surface area contributed by atoms with Gasteiger partial charge in [0.1, 0.15) is 40.4 Å². The van der Waals surface area contributed by atoms with E-state index < -0.39 is 53.1 Å². The van der Waals surface area contributed by atoms with Crippen LogP contribution in [0.3, 0.4) is 0 Å². The molecule has 50 heavy (non-hydrogen) atoms. The molecule has 2 aromatic heterocycles. The largest absolute Gasteiger partial charge is 0.497 e. The minimum Gasteiger partial charge on any atom is -0.497 e. The number of aliphatic carboxylic acids is 1. The van der Waals surface area contributed by atoms with Gasteiger partial charge in [-0.25, -0.2) is 9.59 Å². The Labute approximate surface area is 295 Å². The number of alkyl carbamates (subject to hydrolysis) is 1. The van der Waals surface area contributed by atoms with Crippen molar-refractivity contribution in [2.75, 3.05) is 13.7 Å². The van der Waals surface area contributed by atoms with E-state index in [-0.39, 0.29) is 25.3 Å². The third-order valence-electron chi connectivity index (χ3n) is 9.44. The normalized spacial score (nSPS) is 26.4. The van der Waals surface area contributed by atoms with Crippen molar-refractivity contribution >= 4 is 35.2 Å². The number of fused-ring (bicyclic) bond motifs is 2. The summed E-state index contributed by atoms with van der Waals surface area (Å²) < 4.78 is 10.8. The molecule has 6 rings (SSSR count). The van der Waals surface area contributed by atoms with E-state index in [1.54, 1.807) is 32.7 Å². The minimum atomic E-state index is -1.44. The Balaban J connectivity index is 1.35. The van der Waals surface area contributed by atoms with Crippen LogP contribution in [0.4, 0.5) is 4.79 Å². The van der Waals surface area contributed by atoms with Crippen molar-refractivity contribution < 1.29 is 33.8 Å². The molecule has 1 aromatic carbocycles.